The van der Waals surface area contributed by atoms with Crippen LogP contribution in [0.15, 0.2) is 48.6 Å². The Labute approximate surface area is 301 Å². The van der Waals surface area contributed by atoms with E-state index in [1.54, 1.807) is 7.05 Å². The molecule has 270 valence electrons. The number of rotatable bonds is 17. The van der Waals surface area contributed by atoms with Crippen LogP contribution in [-0.2, 0) is 26.9 Å². The second-order valence-corrected chi connectivity index (χ2v) is 16.2. The smallest absolute Gasteiger partial charge is 0.150 e. The van der Waals surface area contributed by atoms with Crippen LogP contribution in [-0.4, -0.2) is 92.9 Å². The summed E-state index contributed by atoms with van der Waals surface area (Å²) in [6.07, 6.45) is 10.6. The van der Waals surface area contributed by atoms with Crippen molar-refractivity contribution in [2.75, 3.05) is 71.1 Å². The summed E-state index contributed by atoms with van der Waals surface area (Å²) in [5.41, 5.74) is 4.22. The summed E-state index contributed by atoms with van der Waals surface area (Å²) in [4.78, 5) is 16.8. The number of aldehydes is 1. The molecule has 0 spiro atoms. The van der Waals surface area contributed by atoms with Crippen molar-refractivity contribution in [1.82, 2.24) is 9.62 Å². The Morgan fingerprint density at radius 1 is 1.14 bits per heavy atom. The number of nitrogens with zero attached hydrogens (tertiary/aromatic N) is 2. The standard InChI is InChI=1S/C39H56ClN3O5S/c1-5-7-31-23-34(40)12-14-35(31)33-25-43(37-22-30(26-44)10-15-39(37)48-27-33)24-32-11-13-36(32)38(47-21-18-42-16-19-46-20-17-42)9-6-8-28(2)29(3)49(45)41-4/h6,9-10,12,14-15,22-23,26,28-29,32-33,36,38,41H,5,7-8,11,13,16-21,24-25,27H2,1-4H3/b9-6+. The highest BCUT2D eigenvalue weighted by Gasteiger charge is 2.39. The van der Waals surface area contributed by atoms with Crippen molar-refractivity contribution in [2.24, 2.45) is 17.8 Å². The van der Waals surface area contributed by atoms with Gasteiger partial charge in [-0.15, -0.1) is 0 Å². The summed E-state index contributed by atoms with van der Waals surface area (Å²) < 4.78 is 34.0. The van der Waals surface area contributed by atoms with E-state index in [9.17, 15) is 9.00 Å². The minimum Gasteiger partial charge on any atom is -0.491 e. The molecule has 1 saturated carbocycles. The highest BCUT2D eigenvalue weighted by Crippen LogP contribution is 2.43. The number of ether oxygens (including phenoxy) is 3. The molecule has 8 nitrogen and oxygen atoms in total. The van der Waals surface area contributed by atoms with Crippen LogP contribution >= 0.6 is 11.6 Å². The van der Waals surface area contributed by atoms with E-state index in [0.717, 1.165) is 101 Å². The van der Waals surface area contributed by atoms with Gasteiger partial charge in [-0.05, 0) is 98.9 Å². The minimum absolute atomic E-state index is 0.00400. The SMILES string of the molecule is CCCc1cc(Cl)ccc1C1COc2ccc(C=O)cc2N(CC2CCC2C(/C=C/CC(C)C(C)S(=O)NC)OCCN2CCOCC2)C1. The lowest BCUT2D eigenvalue weighted by atomic mass is 9.70. The summed E-state index contributed by atoms with van der Waals surface area (Å²) >= 11 is 6.45. The molecule has 7 unspecified atom stereocenters. The third kappa shape index (κ3) is 10.2. The van der Waals surface area contributed by atoms with Crippen LogP contribution in [0, 0.1) is 17.8 Å². The van der Waals surface area contributed by atoms with Crippen LogP contribution in [0.3, 0.4) is 0 Å². The molecular weight excluding hydrogens is 658 g/mol. The van der Waals surface area contributed by atoms with Crippen molar-refractivity contribution in [2.45, 2.75) is 70.1 Å². The Kier molecular flexibility index (Phi) is 14.6. The number of benzene rings is 2. The lowest BCUT2D eigenvalue weighted by Gasteiger charge is -2.44. The van der Waals surface area contributed by atoms with Gasteiger partial charge < -0.3 is 19.1 Å². The molecule has 49 heavy (non-hydrogen) atoms. The van der Waals surface area contributed by atoms with Crippen molar-refractivity contribution in [3.8, 4) is 5.75 Å². The molecule has 1 saturated heterocycles. The van der Waals surface area contributed by atoms with E-state index >= 15 is 0 Å². The van der Waals surface area contributed by atoms with Gasteiger partial charge in [-0.3, -0.25) is 9.69 Å². The normalized spacial score (nSPS) is 23.9. The summed E-state index contributed by atoms with van der Waals surface area (Å²) in [5, 5.41) is 0.821. The first-order valence-corrected chi connectivity index (χ1v) is 19.8. The number of hydrogen-bond donors (Lipinski definition) is 1. The molecule has 2 aliphatic heterocycles. The van der Waals surface area contributed by atoms with Gasteiger partial charge in [0, 0.05) is 54.5 Å². The molecule has 5 rings (SSSR count). The third-order valence-electron chi connectivity index (χ3n) is 10.8. The average Bonchev–Trinajstić information content (AvgIpc) is 3.28. The number of hydrogen-bond acceptors (Lipinski definition) is 7. The third-order valence-corrected chi connectivity index (χ3v) is 12.5. The maximum Gasteiger partial charge on any atom is 0.150 e. The first-order valence-electron chi connectivity index (χ1n) is 18.2. The number of carbonyl (C=O) groups is 1. The lowest BCUT2D eigenvalue weighted by molar-refractivity contribution is -0.0314. The molecule has 0 bridgehead atoms. The van der Waals surface area contributed by atoms with Crippen LogP contribution in [0.4, 0.5) is 5.69 Å². The van der Waals surface area contributed by atoms with Crippen molar-refractivity contribution >= 4 is 34.6 Å². The molecule has 2 heterocycles. The van der Waals surface area contributed by atoms with Gasteiger partial charge in [0.2, 0.25) is 0 Å². The molecule has 10 heteroatoms. The van der Waals surface area contributed by atoms with Crippen LogP contribution in [0.2, 0.25) is 5.02 Å². The monoisotopic (exact) mass is 713 g/mol. The Balaban J connectivity index is 1.35. The number of nitrogens with one attached hydrogen (secondary N) is 1. The van der Waals surface area contributed by atoms with Gasteiger partial charge in [0.1, 0.15) is 12.0 Å². The van der Waals surface area contributed by atoms with Crippen LogP contribution in [0.25, 0.3) is 0 Å². The number of allylic oxidation sites excluding steroid dienone is 1. The van der Waals surface area contributed by atoms with Crippen LogP contribution in [0.1, 0.15) is 73.9 Å². The fourth-order valence-electron chi connectivity index (χ4n) is 7.42. The summed E-state index contributed by atoms with van der Waals surface area (Å²) in [5.74, 6) is 2.08. The van der Waals surface area contributed by atoms with Crippen molar-refractivity contribution in [1.29, 1.82) is 0 Å². The molecule has 3 aliphatic rings. The number of carbonyl (C=O) groups excluding carboxylic acids is 1. The van der Waals surface area contributed by atoms with Gasteiger partial charge in [0.25, 0.3) is 0 Å². The Hall–Kier alpha value is -2.27. The van der Waals surface area contributed by atoms with Gasteiger partial charge in [-0.2, -0.15) is 0 Å². The van der Waals surface area contributed by atoms with Crippen molar-refractivity contribution in [3.05, 3.63) is 70.3 Å². The molecule has 1 N–H and O–H groups in total. The molecule has 2 fully saturated rings. The number of aryl methyl sites for hydroxylation is 1. The molecule has 0 aromatic heterocycles. The average molecular weight is 714 g/mol. The van der Waals surface area contributed by atoms with Gasteiger partial charge in [0.05, 0.1) is 49.2 Å². The molecule has 1 aliphatic carbocycles. The Bertz CT molecular complexity index is 1420. The fourth-order valence-corrected chi connectivity index (χ4v) is 8.52. The quantitative estimate of drug-likeness (QED) is 0.145. The Morgan fingerprint density at radius 3 is 2.67 bits per heavy atom. The summed E-state index contributed by atoms with van der Waals surface area (Å²) in [6, 6.07) is 12.1. The first-order chi connectivity index (χ1) is 23.8. The van der Waals surface area contributed by atoms with E-state index in [1.165, 1.54) is 11.1 Å². The van der Waals surface area contributed by atoms with Crippen LogP contribution < -0.4 is 14.4 Å². The predicted octanol–water partition coefficient (Wildman–Crippen LogP) is 6.69. The summed E-state index contributed by atoms with van der Waals surface area (Å²) in [7, 11) is 0.699. The van der Waals surface area contributed by atoms with E-state index in [1.807, 2.05) is 31.2 Å². The summed E-state index contributed by atoms with van der Waals surface area (Å²) in [6.45, 7) is 13.7. The first kappa shape index (κ1) is 38.0. The lowest BCUT2D eigenvalue weighted by Crippen LogP contribution is -2.45. The molecule has 0 radical (unpaired) electrons. The largest absolute Gasteiger partial charge is 0.491 e. The van der Waals surface area contributed by atoms with Crippen molar-refractivity contribution < 1.29 is 23.2 Å². The minimum atomic E-state index is -1.05. The van der Waals surface area contributed by atoms with E-state index in [0.29, 0.717) is 30.6 Å². The fraction of sp³-hybridized carbons (Fsp3) is 0.615. The Morgan fingerprint density at radius 2 is 1.96 bits per heavy atom. The van der Waals surface area contributed by atoms with Crippen molar-refractivity contribution in [3.63, 3.8) is 0 Å². The van der Waals surface area contributed by atoms with Gasteiger partial charge in [-0.1, -0.05) is 50.1 Å². The van der Waals surface area contributed by atoms with E-state index < -0.39 is 11.0 Å². The molecule has 0 amide bonds. The van der Waals surface area contributed by atoms with Gasteiger partial charge in [-0.25, -0.2) is 8.93 Å². The molecule has 2 aromatic rings. The second kappa shape index (κ2) is 18.8. The van der Waals surface area contributed by atoms with Gasteiger partial charge in [0.15, 0.2) is 0 Å². The van der Waals surface area contributed by atoms with Crippen LogP contribution in [0.5, 0.6) is 5.75 Å². The highest BCUT2D eigenvalue weighted by molar-refractivity contribution is 7.83. The zero-order valence-corrected chi connectivity index (χ0v) is 31.4. The molecule has 7 atom stereocenters. The second-order valence-electron chi connectivity index (χ2n) is 14.0. The zero-order valence-electron chi connectivity index (χ0n) is 29.8. The highest BCUT2D eigenvalue weighted by atomic mass is 35.5. The maximum atomic E-state index is 12.4. The molecular formula is C39H56ClN3O5S. The van der Waals surface area contributed by atoms with E-state index in [2.05, 4.69) is 52.7 Å². The van der Waals surface area contributed by atoms with Gasteiger partial charge >= 0.3 is 0 Å². The topological polar surface area (TPSA) is 80.3 Å². The maximum absolute atomic E-state index is 12.4. The van der Waals surface area contributed by atoms with E-state index in [4.69, 9.17) is 25.8 Å². The number of fused-ring (bicyclic) bond motifs is 1. The zero-order chi connectivity index (χ0) is 34.8. The van der Waals surface area contributed by atoms with E-state index in [-0.39, 0.29) is 23.2 Å². The predicted molar refractivity (Wildman–Crippen MR) is 201 cm³/mol. The number of anilines is 1. The molecule has 2 aromatic carbocycles. The number of halogens is 1. The number of morpholine rings is 1.